The second kappa shape index (κ2) is 8.89. The third-order valence-electron chi connectivity index (χ3n) is 1.25. The molecule has 0 bridgehead atoms. The molecule has 0 aliphatic carbocycles. The Hall–Kier alpha value is 2.31. The molecule has 0 spiro atoms. The molecule has 0 aliphatic rings. The molecule has 0 aromatic carbocycles. The first-order valence-electron chi connectivity index (χ1n) is 3.00. The standard InChI is InChI=1S/C5H13O3P.2Na/c1-3-4-5(2)9(6,7)8;;/h5H,3-4H2,1-2H3,(H2,6,7,8);;/q;2*+1/p-2. The van der Waals surface area contributed by atoms with Crippen molar-refractivity contribution in [2.75, 3.05) is 0 Å². The van der Waals surface area contributed by atoms with Gasteiger partial charge in [-0.2, -0.15) is 7.94 Å². The van der Waals surface area contributed by atoms with E-state index in [9.17, 15) is 14.7 Å². The van der Waals surface area contributed by atoms with Gasteiger partial charge < -0.3 is 14.7 Å². The summed E-state index contributed by atoms with van der Waals surface area (Å²) < 4.78 is 0. The van der Waals surface area contributed by atoms with Crippen molar-refractivity contribution in [2.24, 2.45) is 0 Å². The molecule has 0 saturated heterocycles. The van der Waals surface area contributed by atoms with Gasteiger partial charge in [-0.05, 0) is 13.3 Å². The summed E-state index contributed by atoms with van der Waals surface area (Å²) in [5, 5.41) is 0. The molecule has 0 aliphatic heterocycles. The van der Waals surface area contributed by atoms with Gasteiger partial charge in [0.25, 0.3) is 0 Å². The van der Waals surface area contributed by atoms with Crippen LogP contribution >= 0.6 is 7.94 Å². The predicted octanol–water partition coefficient (Wildman–Crippen LogP) is -6.97. The van der Waals surface area contributed by atoms with Crippen LogP contribution in [0.5, 0.6) is 0 Å². The molecular formula is C5H11Na2O3P. The largest absolute Gasteiger partial charge is 1.00 e. The van der Waals surface area contributed by atoms with Gasteiger partial charge in [0, 0.05) is 0 Å². The van der Waals surface area contributed by atoms with E-state index in [1.165, 1.54) is 6.92 Å². The van der Waals surface area contributed by atoms with Crippen LogP contribution in [-0.4, -0.2) is 5.66 Å². The molecule has 0 radical (unpaired) electrons. The Balaban J connectivity index is -0.000000320. The van der Waals surface area contributed by atoms with Crippen LogP contribution in [0.2, 0.25) is 0 Å². The summed E-state index contributed by atoms with van der Waals surface area (Å²) in [6, 6.07) is 0. The minimum atomic E-state index is -4.27. The zero-order valence-electron chi connectivity index (χ0n) is 7.66. The third-order valence-corrected chi connectivity index (χ3v) is 2.58. The Labute approximate surface area is 113 Å². The first-order valence-corrected chi connectivity index (χ1v) is 4.61. The molecule has 0 heterocycles. The Kier molecular flexibility index (Phi) is 15.3. The number of hydrogen-bond acceptors (Lipinski definition) is 3. The average molecular weight is 196 g/mol. The van der Waals surface area contributed by atoms with E-state index in [-0.39, 0.29) is 59.1 Å². The fourth-order valence-electron chi connectivity index (χ4n) is 0.576. The molecule has 0 aromatic heterocycles. The summed E-state index contributed by atoms with van der Waals surface area (Å²) in [6.45, 7) is 3.30. The summed E-state index contributed by atoms with van der Waals surface area (Å²) in [4.78, 5) is 30.6. The summed E-state index contributed by atoms with van der Waals surface area (Å²) in [5.41, 5.74) is -0.692. The molecule has 6 heteroatoms. The molecule has 56 valence electrons. The molecule has 1 atom stereocenters. The summed E-state index contributed by atoms with van der Waals surface area (Å²) in [6.07, 6.45) is 1.22. The van der Waals surface area contributed by atoms with Crippen molar-refractivity contribution >= 4 is 7.94 Å². The first kappa shape index (κ1) is 19.0. The van der Waals surface area contributed by atoms with Gasteiger partial charge in [-0.1, -0.05) is 13.3 Å². The maximum absolute atomic E-state index is 10.2. The van der Waals surface area contributed by atoms with Gasteiger partial charge in [-0.15, -0.1) is 0 Å². The van der Waals surface area contributed by atoms with E-state index in [2.05, 4.69) is 0 Å². The van der Waals surface area contributed by atoms with E-state index in [4.69, 9.17) is 0 Å². The van der Waals surface area contributed by atoms with Gasteiger partial charge in [0.1, 0.15) is 0 Å². The molecular weight excluding hydrogens is 185 g/mol. The zero-order valence-corrected chi connectivity index (χ0v) is 12.6. The maximum Gasteiger partial charge on any atom is 1.00 e. The third kappa shape index (κ3) is 10.2. The minimum absolute atomic E-state index is 0. The van der Waals surface area contributed by atoms with Crippen LogP contribution in [-0.2, 0) is 0 Å². The second-order valence-corrected chi connectivity index (χ2v) is 4.14. The van der Waals surface area contributed by atoms with Gasteiger partial charge >= 0.3 is 59.1 Å². The van der Waals surface area contributed by atoms with E-state index in [1.807, 2.05) is 6.92 Å². The predicted molar refractivity (Wildman–Crippen MR) is 31.3 cm³/mol. The Morgan fingerprint density at radius 1 is 1.18 bits per heavy atom. The summed E-state index contributed by atoms with van der Waals surface area (Å²) in [5.74, 6) is 0. The van der Waals surface area contributed by atoms with Crippen LogP contribution in [0.25, 0.3) is 0 Å². The van der Waals surface area contributed by atoms with Crippen molar-refractivity contribution < 1.29 is 73.8 Å². The quantitative estimate of drug-likeness (QED) is 0.332. The SMILES string of the molecule is CCCC(C)[P+]([O-])([O-])[O-].[Na+].[Na+]. The normalized spacial score (nSPS) is 12.8. The molecule has 0 saturated carbocycles. The Morgan fingerprint density at radius 3 is 1.64 bits per heavy atom. The van der Waals surface area contributed by atoms with Gasteiger partial charge in [-0.25, -0.2) is 0 Å². The molecule has 0 fully saturated rings. The van der Waals surface area contributed by atoms with Crippen LogP contribution in [0.1, 0.15) is 26.7 Å². The fraction of sp³-hybridized carbons (Fsp3) is 1.00. The van der Waals surface area contributed by atoms with Crippen LogP contribution in [0, 0.1) is 0 Å². The Morgan fingerprint density at radius 2 is 1.55 bits per heavy atom. The van der Waals surface area contributed by atoms with Gasteiger partial charge in [0.2, 0.25) is 0 Å². The van der Waals surface area contributed by atoms with Crippen LogP contribution in [0.4, 0.5) is 0 Å². The van der Waals surface area contributed by atoms with Crippen molar-refractivity contribution in [1.29, 1.82) is 0 Å². The van der Waals surface area contributed by atoms with Gasteiger partial charge in [-0.3, -0.25) is 0 Å². The van der Waals surface area contributed by atoms with Crippen molar-refractivity contribution in [1.82, 2.24) is 0 Å². The molecule has 0 amide bonds. The maximum atomic E-state index is 10.2. The molecule has 11 heavy (non-hydrogen) atoms. The first-order chi connectivity index (χ1) is 3.98. The summed E-state index contributed by atoms with van der Waals surface area (Å²) in [7, 11) is -4.27. The number of rotatable bonds is 3. The molecule has 1 unspecified atom stereocenters. The minimum Gasteiger partial charge on any atom is -0.687 e. The van der Waals surface area contributed by atoms with Crippen molar-refractivity contribution in [3.63, 3.8) is 0 Å². The zero-order chi connectivity index (χ0) is 7.49. The van der Waals surface area contributed by atoms with Gasteiger partial charge in [0.15, 0.2) is 0 Å². The van der Waals surface area contributed by atoms with Crippen molar-refractivity contribution in [2.45, 2.75) is 32.3 Å². The Bertz CT molecular complexity index is 86.3. The fourth-order valence-corrected chi connectivity index (χ4v) is 1.15. The van der Waals surface area contributed by atoms with E-state index in [0.29, 0.717) is 6.42 Å². The summed E-state index contributed by atoms with van der Waals surface area (Å²) >= 11 is 0. The van der Waals surface area contributed by atoms with E-state index in [1.54, 1.807) is 0 Å². The van der Waals surface area contributed by atoms with Gasteiger partial charge in [0.05, 0.1) is 5.66 Å². The molecule has 0 aromatic rings. The van der Waals surface area contributed by atoms with E-state index in [0.717, 1.165) is 6.42 Å². The van der Waals surface area contributed by atoms with Crippen LogP contribution in [0.15, 0.2) is 0 Å². The molecule has 0 rings (SSSR count). The van der Waals surface area contributed by atoms with E-state index >= 15 is 0 Å². The smallest absolute Gasteiger partial charge is 0.687 e. The van der Waals surface area contributed by atoms with Crippen LogP contribution < -0.4 is 73.8 Å². The van der Waals surface area contributed by atoms with Crippen molar-refractivity contribution in [3.8, 4) is 0 Å². The topological polar surface area (TPSA) is 69.2 Å². The van der Waals surface area contributed by atoms with Crippen LogP contribution in [0.3, 0.4) is 0 Å². The van der Waals surface area contributed by atoms with E-state index < -0.39 is 13.6 Å². The molecule has 0 N–H and O–H groups in total. The second-order valence-electron chi connectivity index (χ2n) is 2.18. The number of hydrogen-bond donors (Lipinski definition) is 0. The monoisotopic (exact) mass is 196 g/mol. The van der Waals surface area contributed by atoms with Crippen molar-refractivity contribution in [3.05, 3.63) is 0 Å². The average Bonchev–Trinajstić information content (AvgIpc) is 1.64. The molecule has 3 nitrogen and oxygen atoms in total.